The number of aromatic nitrogens is 3. The van der Waals surface area contributed by atoms with Gasteiger partial charge in [-0.05, 0) is 23.8 Å². The molecule has 0 unspecified atom stereocenters. The molecule has 0 saturated heterocycles. The smallest absolute Gasteiger partial charge is 0.230 e. The van der Waals surface area contributed by atoms with Gasteiger partial charge < -0.3 is 15.4 Å². The number of amides is 1. The molecule has 0 spiro atoms. The lowest BCUT2D eigenvalue weighted by atomic mass is 10.1. The van der Waals surface area contributed by atoms with Crippen LogP contribution in [0.5, 0.6) is 5.75 Å². The maximum atomic E-state index is 12.4. The molecule has 154 valence electrons. The predicted molar refractivity (Wildman–Crippen MR) is 116 cm³/mol. The van der Waals surface area contributed by atoms with Gasteiger partial charge in [0.15, 0.2) is 5.13 Å². The average molecular weight is 444 g/mol. The van der Waals surface area contributed by atoms with Crippen LogP contribution < -0.4 is 10.0 Å². The van der Waals surface area contributed by atoms with Crippen molar-refractivity contribution in [3.8, 4) is 17.0 Å². The number of sulfonamides is 1. The number of thiazole rings is 1. The molecular formula is C19H17N5O4S2. The second-order valence-corrected chi connectivity index (χ2v) is 9.24. The van der Waals surface area contributed by atoms with Crippen LogP contribution in [0.2, 0.25) is 0 Å². The number of carbonyl (C=O) groups excluding carboxylic acids is 1. The van der Waals surface area contributed by atoms with Crippen LogP contribution in [-0.4, -0.2) is 40.6 Å². The summed E-state index contributed by atoms with van der Waals surface area (Å²) in [6, 6.07) is 8.25. The molecular weight excluding hydrogens is 426 g/mol. The Bertz CT molecular complexity index is 1340. The van der Waals surface area contributed by atoms with E-state index in [1.54, 1.807) is 41.9 Å². The molecule has 0 fully saturated rings. The first-order valence-corrected chi connectivity index (χ1v) is 11.5. The van der Waals surface area contributed by atoms with Gasteiger partial charge in [-0.2, -0.15) is 0 Å². The molecule has 3 aromatic heterocycles. The number of anilines is 2. The van der Waals surface area contributed by atoms with Crippen molar-refractivity contribution in [2.24, 2.45) is 0 Å². The van der Waals surface area contributed by atoms with Crippen LogP contribution in [0.4, 0.5) is 10.8 Å². The topological polar surface area (TPSA) is 137 Å². The number of aromatic amines is 1. The molecule has 0 radical (unpaired) electrons. The minimum Gasteiger partial charge on any atom is -0.506 e. The van der Waals surface area contributed by atoms with Crippen molar-refractivity contribution in [2.45, 2.75) is 6.42 Å². The van der Waals surface area contributed by atoms with Gasteiger partial charge in [0, 0.05) is 28.2 Å². The fraction of sp³-hybridized carbons (Fsp3) is 0.105. The van der Waals surface area contributed by atoms with Gasteiger partial charge in [-0.3, -0.25) is 9.52 Å². The van der Waals surface area contributed by atoms with Gasteiger partial charge in [0.25, 0.3) is 0 Å². The van der Waals surface area contributed by atoms with Crippen molar-refractivity contribution >= 4 is 49.1 Å². The number of carbonyl (C=O) groups is 1. The van der Waals surface area contributed by atoms with Crippen LogP contribution in [0.15, 0.2) is 48.1 Å². The van der Waals surface area contributed by atoms with Crippen LogP contribution in [0.25, 0.3) is 22.3 Å². The summed E-state index contributed by atoms with van der Waals surface area (Å²) in [7, 11) is -3.39. The molecule has 4 N–H and O–H groups in total. The van der Waals surface area contributed by atoms with E-state index in [9.17, 15) is 18.3 Å². The molecule has 9 nitrogen and oxygen atoms in total. The van der Waals surface area contributed by atoms with E-state index in [2.05, 4.69) is 25.0 Å². The molecule has 4 rings (SSSR count). The Hall–Kier alpha value is -3.44. The zero-order valence-corrected chi connectivity index (χ0v) is 17.3. The summed E-state index contributed by atoms with van der Waals surface area (Å²) >= 11 is 1.28. The molecule has 1 amide bonds. The number of pyridine rings is 1. The first-order chi connectivity index (χ1) is 14.3. The summed E-state index contributed by atoms with van der Waals surface area (Å²) < 4.78 is 25.1. The summed E-state index contributed by atoms with van der Waals surface area (Å²) in [5.74, 6) is -0.217. The lowest BCUT2D eigenvalue weighted by molar-refractivity contribution is -0.115. The third kappa shape index (κ3) is 4.58. The SMILES string of the molecule is CS(=O)(=O)Nc1cccc(CC(=O)Nc2nc(-c3c[nH]c4ncc(O)cc34)cs2)c1. The normalized spacial score (nSPS) is 11.5. The maximum Gasteiger partial charge on any atom is 0.230 e. The molecule has 0 saturated carbocycles. The largest absolute Gasteiger partial charge is 0.506 e. The fourth-order valence-electron chi connectivity index (χ4n) is 2.97. The Morgan fingerprint density at radius 3 is 2.93 bits per heavy atom. The molecule has 1 aromatic carbocycles. The van der Waals surface area contributed by atoms with Crippen LogP contribution in [0.3, 0.4) is 0 Å². The van der Waals surface area contributed by atoms with Crippen molar-refractivity contribution in [3.05, 3.63) is 53.7 Å². The second kappa shape index (κ2) is 7.76. The number of nitrogens with one attached hydrogen (secondary N) is 3. The van der Waals surface area contributed by atoms with E-state index in [0.717, 1.165) is 17.2 Å². The van der Waals surface area contributed by atoms with Crippen molar-refractivity contribution in [1.82, 2.24) is 15.0 Å². The van der Waals surface area contributed by atoms with Gasteiger partial charge in [0.2, 0.25) is 15.9 Å². The van der Waals surface area contributed by atoms with Gasteiger partial charge >= 0.3 is 0 Å². The van der Waals surface area contributed by atoms with E-state index >= 15 is 0 Å². The Kier molecular flexibility index (Phi) is 5.14. The van der Waals surface area contributed by atoms with E-state index in [0.29, 0.717) is 27.7 Å². The maximum absolute atomic E-state index is 12.4. The zero-order valence-electron chi connectivity index (χ0n) is 15.7. The standard InChI is InChI=1S/C19H17N5O4S2/c1-30(27,28)24-12-4-2-3-11(5-12)6-17(26)23-19-22-16(10-29-19)15-9-21-18-14(15)7-13(25)8-20-18/h2-5,7-10,24-25H,6H2,1H3,(H,20,21)(H,22,23,26). The van der Waals surface area contributed by atoms with Crippen LogP contribution in [-0.2, 0) is 21.2 Å². The number of aromatic hydroxyl groups is 1. The Morgan fingerprint density at radius 2 is 2.13 bits per heavy atom. The quantitative estimate of drug-likeness (QED) is 0.362. The van der Waals surface area contributed by atoms with Gasteiger partial charge in [-0.15, -0.1) is 11.3 Å². The summed E-state index contributed by atoms with van der Waals surface area (Å²) in [5, 5.41) is 15.4. The number of H-pyrrole nitrogens is 1. The van der Waals surface area contributed by atoms with Crippen LogP contribution in [0.1, 0.15) is 5.56 Å². The minimum absolute atomic E-state index is 0.0553. The molecule has 30 heavy (non-hydrogen) atoms. The number of benzene rings is 1. The van der Waals surface area contributed by atoms with E-state index in [1.807, 2.05) is 0 Å². The lowest BCUT2D eigenvalue weighted by Crippen LogP contribution is -2.15. The van der Waals surface area contributed by atoms with E-state index in [1.165, 1.54) is 17.5 Å². The van der Waals surface area contributed by atoms with Crippen LogP contribution >= 0.6 is 11.3 Å². The lowest BCUT2D eigenvalue weighted by Gasteiger charge is -2.06. The number of rotatable bonds is 6. The monoisotopic (exact) mass is 443 g/mol. The van der Waals surface area contributed by atoms with Gasteiger partial charge in [-0.25, -0.2) is 18.4 Å². The molecule has 0 aliphatic rings. The van der Waals surface area contributed by atoms with E-state index in [-0.39, 0.29) is 18.1 Å². The third-order valence-electron chi connectivity index (χ3n) is 4.14. The third-order valence-corrected chi connectivity index (χ3v) is 5.50. The highest BCUT2D eigenvalue weighted by atomic mass is 32.2. The van der Waals surface area contributed by atoms with Gasteiger partial charge in [0.05, 0.1) is 24.6 Å². The summed E-state index contributed by atoms with van der Waals surface area (Å²) in [4.78, 5) is 24.0. The highest BCUT2D eigenvalue weighted by molar-refractivity contribution is 7.92. The van der Waals surface area contributed by atoms with E-state index in [4.69, 9.17) is 0 Å². The van der Waals surface area contributed by atoms with Crippen molar-refractivity contribution in [2.75, 3.05) is 16.3 Å². The molecule has 0 atom stereocenters. The summed E-state index contributed by atoms with van der Waals surface area (Å²) in [6.07, 6.45) is 4.24. The van der Waals surface area contributed by atoms with Crippen molar-refractivity contribution < 1.29 is 18.3 Å². The minimum atomic E-state index is -3.39. The van der Waals surface area contributed by atoms with Gasteiger partial charge in [-0.1, -0.05) is 12.1 Å². The zero-order chi connectivity index (χ0) is 21.3. The Labute approximate surface area is 175 Å². The molecule has 4 aromatic rings. The highest BCUT2D eigenvalue weighted by Gasteiger charge is 2.13. The Balaban J connectivity index is 1.47. The van der Waals surface area contributed by atoms with Gasteiger partial charge in [0.1, 0.15) is 11.4 Å². The summed E-state index contributed by atoms with van der Waals surface area (Å²) in [6.45, 7) is 0. The second-order valence-electron chi connectivity index (χ2n) is 6.63. The fourth-order valence-corrected chi connectivity index (χ4v) is 4.25. The van der Waals surface area contributed by atoms with Crippen LogP contribution in [0, 0.1) is 0 Å². The Morgan fingerprint density at radius 1 is 1.30 bits per heavy atom. The average Bonchev–Trinajstić information content (AvgIpc) is 3.26. The van der Waals surface area contributed by atoms with Crippen molar-refractivity contribution in [1.29, 1.82) is 0 Å². The highest BCUT2D eigenvalue weighted by Crippen LogP contribution is 2.31. The molecule has 0 aliphatic heterocycles. The molecule has 3 heterocycles. The first kappa shape index (κ1) is 19.9. The number of nitrogens with zero attached hydrogens (tertiary/aromatic N) is 2. The van der Waals surface area contributed by atoms with Crippen molar-refractivity contribution in [3.63, 3.8) is 0 Å². The first-order valence-electron chi connectivity index (χ1n) is 8.75. The number of hydrogen-bond acceptors (Lipinski definition) is 7. The van der Waals surface area contributed by atoms with E-state index < -0.39 is 10.0 Å². The number of hydrogen-bond donors (Lipinski definition) is 4. The predicted octanol–water partition coefficient (Wildman–Crippen LogP) is 2.94. The molecule has 0 bridgehead atoms. The summed E-state index contributed by atoms with van der Waals surface area (Å²) in [5.41, 5.74) is 3.11. The molecule has 0 aliphatic carbocycles. The molecule has 11 heteroatoms. The number of fused-ring (bicyclic) bond motifs is 1.